The molecule has 0 N–H and O–H groups in total. The van der Waals surface area contributed by atoms with Gasteiger partial charge in [-0.3, -0.25) is 0 Å². The second kappa shape index (κ2) is 6.84. The second-order valence-corrected chi connectivity index (χ2v) is 1.37. The number of ether oxygens (including phenoxy) is 1. The number of hydrogen-bond donors (Lipinski definition) is 0. The number of terminal acetylenes is 1. The van der Waals surface area contributed by atoms with Crippen molar-refractivity contribution in [3.8, 4) is 12.3 Å². The Morgan fingerprint density at radius 2 is 2.33 bits per heavy atom. The van der Waals surface area contributed by atoms with Crippen molar-refractivity contribution in [3.63, 3.8) is 0 Å². The molecule has 48 valence electrons. The van der Waals surface area contributed by atoms with Gasteiger partial charge in [0.15, 0.2) is 0 Å². The molecule has 0 rings (SSSR count). The quantitative estimate of drug-likeness (QED) is 0.240. The smallest absolute Gasteiger partial charge is 0.147 e. The molecule has 0 aromatic carbocycles. The minimum atomic E-state index is 0.341. The lowest BCUT2D eigenvalue weighted by Gasteiger charge is -1.87. The largest absolute Gasteiger partial charge is 0.489 e. The number of rotatable bonds is 3. The lowest BCUT2D eigenvalue weighted by Crippen LogP contribution is -1.77. The van der Waals surface area contributed by atoms with E-state index in [1.165, 1.54) is 0 Å². The van der Waals surface area contributed by atoms with Crippen LogP contribution < -0.4 is 0 Å². The van der Waals surface area contributed by atoms with Gasteiger partial charge >= 0.3 is 0 Å². The lowest BCUT2D eigenvalue weighted by molar-refractivity contribution is 0.296. The van der Waals surface area contributed by atoms with E-state index in [9.17, 15) is 0 Å². The molecule has 0 aliphatic rings. The van der Waals surface area contributed by atoms with E-state index in [2.05, 4.69) is 5.92 Å². The third-order valence-electron chi connectivity index (χ3n) is 0.645. The average molecular weight is 122 g/mol. The lowest BCUT2D eigenvalue weighted by atomic mass is 10.5. The van der Waals surface area contributed by atoms with Crippen molar-refractivity contribution in [3.05, 3.63) is 24.5 Å². The Kier molecular flexibility index (Phi) is 5.96. The van der Waals surface area contributed by atoms with Gasteiger partial charge in [-0.05, 0) is 13.0 Å². The fourth-order valence-corrected chi connectivity index (χ4v) is 0.308. The molecule has 1 heteroatoms. The van der Waals surface area contributed by atoms with Crippen LogP contribution in [-0.4, -0.2) is 6.61 Å². The van der Waals surface area contributed by atoms with Crippen LogP contribution in [0.15, 0.2) is 24.5 Å². The van der Waals surface area contributed by atoms with Crippen LogP contribution in [0.3, 0.4) is 0 Å². The molecule has 0 amide bonds. The first kappa shape index (κ1) is 7.84. The Bertz CT molecular complexity index is 137. The Labute approximate surface area is 56.0 Å². The Morgan fingerprint density at radius 3 is 2.89 bits per heavy atom. The van der Waals surface area contributed by atoms with Crippen LogP contribution in [-0.2, 0) is 4.74 Å². The molecular weight excluding hydrogens is 112 g/mol. The summed E-state index contributed by atoms with van der Waals surface area (Å²) in [5.74, 6) is 2.35. The standard InChI is InChI=1S/C8H10O/c1-3-5-6-8-9-7-4-2/h2-3,5-6,8H,7H2,1H3/b5-3?,8-6-. The van der Waals surface area contributed by atoms with Gasteiger partial charge in [0.05, 0.1) is 6.26 Å². The summed E-state index contributed by atoms with van der Waals surface area (Å²) in [5, 5.41) is 0. The normalized spacial score (nSPS) is 10.2. The monoisotopic (exact) mass is 122 g/mol. The molecule has 0 bridgehead atoms. The van der Waals surface area contributed by atoms with E-state index < -0.39 is 0 Å². The third-order valence-corrected chi connectivity index (χ3v) is 0.645. The minimum absolute atomic E-state index is 0.341. The SMILES string of the molecule is C#CCO/C=C\C=CC. The van der Waals surface area contributed by atoms with Crippen molar-refractivity contribution in [2.24, 2.45) is 0 Å². The maximum Gasteiger partial charge on any atom is 0.147 e. The summed E-state index contributed by atoms with van der Waals surface area (Å²) in [4.78, 5) is 0. The highest BCUT2D eigenvalue weighted by Crippen LogP contribution is 1.77. The zero-order valence-corrected chi connectivity index (χ0v) is 5.50. The summed E-state index contributed by atoms with van der Waals surface area (Å²) >= 11 is 0. The topological polar surface area (TPSA) is 9.23 Å². The maximum absolute atomic E-state index is 4.92. The molecule has 0 unspecified atom stereocenters. The van der Waals surface area contributed by atoms with Gasteiger partial charge < -0.3 is 4.74 Å². The van der Waals surface area contributed by atoms with Crippen LogP contribution >= 0.6 is 0 Å². The molecule has 0 radical (unpaired) electrons. The zero-order valence-electron chi connectivity index (χ0n) is 5.50. The molecule has 0 fully saturated rings. The summed E-state index contributed by atoms with van der Waals surface area (Å²) in [6.45, 7) is 2.28. The van der Waals surface area contributed by atoms with E-state index in [1.54, 1.807) is 12.3 Å². The molecule has 1 nitrogen and oxygen atoms in total. The maximum atomic E-state index is 4.92. The fraction of sp³-hybridized carbons (Fsp3) is 0.250. The summed E-state index contributed by atoms with van der Waals surface area (Å²) in [5.41, 5.74) is 0. The molecule has 0 aliphatic heterocycles. The highest BCUT2D eigenvalue weighted by molar-refractivity contribution is 4.98. The van der Waals surface area contributed by atoms with Gasteiger partial charge in [-0.25, -0.2) is 0 Å². The number of hydrogen-bond acceptors (Lipinski definition) is 1. The predicted octanol–water partition coefficient (Wildman–Crippen LogP) is 1.73. The van der Waals surface area contributed by atoms with Gasteiger partial charge in [0.25, 0.3) is 0 Å². The van der Waals surface area contributed by atoms with Crippen molar-refractivity contribution in [2.75, 3.05) is 6.61 Å². The van der Waals surface area contributed by atoms with E-state index in [0.29, 0.717) is 6.61 Å². The highest BCUT2D eigenvalue weighted by Gasteiger charge is 1.66. The van der Waals surface area contributed by atoms with Gasteiger partial charge in [0, 0.05) is 0 Å². The van der Waals surface area contributed by atoms with Crippen LogP contribution in [0.25, 0.3) is 0 Å². The van der Waals surface area contributed by atoms with Crippen molar-refractivity contribution in [1.82, 2.24) is 0 Å². The van der Waals surface area contributed by atoms with Crippen LogP contribution in [0.5, 0.6) is 0 Å². The molecule has 0 aliphatic carbocycles. The summed E-state index contributed by atoms with van der Waals surface area (Å²) in [6, 6.07) is 0. The Morgan fingerprint density at radius 1 is 1.56 bits per heavy atom. The molecule has 0 heterocycles. The van der Waals surface area contributed by atoms with Crippen molar-refractivity contribution in [1.29, 1.82) is 0 Å². The van der Waals surface area contributed by atoms with E-state index in [-0.39, 0.29) is 0 Å². The highest BCUT2D eigenvalue weighted by atomic mass is 16.5. The number of allylic oxidation sites excluding steroid dienone is 3. The zero-order chi connectivity index (χ0) is 6.95. The van der Waals surface area contributed by atoms with E-state index >= 15 is 0 Å². The van der Waals surface area contributed by atoms with E-state index in [4.69, 9.17) is 11.2 Å². The van der Waals surface area contributed by atoms with Gasteiger partial charge in [-0.2, -0.15) is 0 Å². The van der Waals surface area contributed by atoms with E-state index in [0.717, 1.165) is 0 Å². The van der Waals surface area contributed by atoms with Crippen molar-refractivity contribution in [2.45, 2.75) is 6.92 Å². The molecule has 0 saturated heterocycles. The van der Waals surface area contributed by atoms with Crippen LogP contribution in [0.2, 0.25) is 0 Å². The summed E-state index contributed by atoms with van der Waals surface area (Å²) in [6.07, 6.45) is 12.1. The summed E-state index contributed by atoms with van der Waals surface area (Å²) in [7, 11) is 0. The third kappa shape index (κ3) is 6.84. The first-order valence-electron chi connectivity index (χ1n) is 2.74. The first-order valence-corrected chi connectivity index (χ1v) is 2.74. The molecular formula is C8H10O. The van der Waals surface area contributed by atoms with Gasteiger partial charge in [-0.15, -0.1) is 6.42 Å². The Balaban J connectivity index is 3.17. The van der Waals surface area contributed by atoms with Gasteiger partial charge in [0.1, 0.15) is 6.61 Å². The minimum Gasteiger partial charge on any atom is -0.489 e. The molecule has 0 spiro atoms. The van der Waals surface area contributed by atoms with E-state index in [1.807, 2.05) is 19.1 Å². The fourth-order valence-electron chi connectivity index (χ4n) is 0.308. The molecule has 0 aromatic heterocycles. The second-order valence-electron chi connectivity index (χ2n) is 1.37. The summed E-state index contributed by atoms with van der Waals surface area (Å²) < 4.78 is 4.82. The van der Waals surface area contributed by atoms with Crippen molar-refractivity contribution < 1.29 is 4.74 Å². The van der Waals surface area contributed by atoms with Gasteiger partial charge in [0.2, 0.25) is 0 Å². The molecule has 0 aromatic rings. The van der Waals surface area contributed by atoms with Crippen LogP contribution in [0, 0.1) is 12.3 Å². The first-order chi connectivity index (χ1) is 4.41. The van der Waals surface area contributed by atoms with Gasteiger partial charge in [-0.1, -0.05) is 18.1 Å². The molecule has 0 atom stereocenters. The van der Waals surface area contributed by atoms with Crippen LogP contribution in [0.4, 0.5) is 0 Å². The Hall–Kier alpha value is -1.16. The van der Waals surface area contributed by atoms with Crippen molar-refractivity contribution >= 4 is 0 Å². The molecule has 0 saturated carbocycles. The van der Waals surface area contributed by atoms with Crippen LogP contribution in [0.1, 0.15) is 6.92 Å². The average Bonchev–Trinajstić information content (AvgIpc) is 1.89. The molecule has 9 heavy (non-hydrogen) atoms. The predicted molar refractivity (Wildman–Crippen MR) is 38.7 cm³/mol.